The third-order valence-corrected chi connectivity index (χ3v) is 7.62. The van der Waals surface area contributed by atoms with Gasteiger partial charge in [-0.2, -0.15) is 5.10 Å². The van der Waals surface area contributed by atoms with Gasteiger partial charge in [-0.05, 0) is 82.3 Å². The fraction of sp³-hybridized carbons (Fsp3) is 0.621. The zero-order valence-corrected chi connectivity index (χ0v) is 22.2. The molecule has 0 radical (unpaired) electrons. The van der Waals surface area contributed by atoms with E-state index in [-0.39, 0.29) is 12.0 Å². The number of nitrogens with zero attached hydrogens (tertiary/aromatic N) is 3. The monoisotopic (exact) mass is 494 g/mol. The van der Waals surface area contributed by atoms with Gasteiger partial charge in [0.2, 0.25) is 0 Å². The van der Waals surface area contributed by atoms with Crippen LogP contribution in [0, 0.1) is 5.92 Å². The molecule has 0 unspecified atom stereocenters. The van der Waals surface area contributed by atoms with Crippen molar-refractivity contribution in [2.75, 3.05) is 33.8 Å². The van der Waals surface area contributed by atoms with E-state index in [0.29, 0.717) is 24.3 Å². The highest BCUT2D eigenvalue weighted by Crippen LogP contribution is 2.29. The molecule has 2 aromatic rings. The lowest BCUT2D eigenvalue weighted by Crippen LogP contribution is -2.47. The summed E-state index contributed by atoms with van der Waals surface area (Å²) in [7, 11) is 3.85. The Kier molecular flexibility index (Phi) is 9.70. The molecule has 2 fully saturated rings. The minimum Gasteiger partial charge on any atom is -0.490 e. The van der Waals surface area contributed by atoms with Gasteiger partial charge >= 0.3 is 0 Å². The first-order valence-electron chi connectivity index (χ1n) is 13.7. The topological polar surface area (TPSA) is 76.6 Å². The summed E-state index contributed by atoms with van der Waals surface area (Å²) in [4.78, 5) is 15.3. The first kappa shape index (κ1) is 26.6. The smallest absolute Gasteiger partial charge is 0.271 e. The normalized spacial score (nSPS) is 21.3. The lowest BCUT2D eigenvalue weighted by atomic mass is 9.94. The molecule has 1 aliphatic heterocycles. The van der Waals surface area contributed by atoms with Gasteiger partial charge in [-0.25, -0.2) is 0 Å². The summed E-state index contributed by atoms with van der Waals surface area (Å²) in [6.07, 6.45) is 10.5. The van der Waals surface area contributed by atoms with Gasteiger partial charge in [0, 0.05) is 31.7 Å². The van der Waals surface area contributed by atoms with Crippen LogP contribution in [-0.2, 0) is 11.2 Å². The average Bonchev–Trinajstić information content (AvgIpc) is 2.92. The highest BCUT2D eigenvalue weighted by molar-refractivity contribution is 5.93. The molecule has 2 heterocycles. The van der Waals surface area contributed by atoms with E-state index in [1.54, 1.807) is 7.11 Å². The molecule has 1 saturated carbocycles. The van der Waals surface area contributed by atoms with Crippen molar-refractivity contribution in [3.8, 4) is 16.9 Å². The number of aryl methyl sites for hydroxylation is 1. The van der Waals surface area contributed by atoms with E-state index in [0.717, 1.165) is 74.2 Å². The van der Waals surface area contributed by atoms with Crippen molar-refractivity contribution in [1.29, 1.82) is 0 Å². The second-order valence-corrected chi connectivity index (χ2v) is 10.4. The number of rotatable bonds is 10. The molecule has 2 atom stereocenters. The molecule has 1 N–H and O–H groups in total. The minimum absolute atomic E-state index is 0.122. The third-order valence-electron chi connectivity index (χ3n) is 7.62. The van der Waals surface area contributed by atoms with Crippen LogP contribution < -0.4 is 10.1 Å². The Bertz CT molecular complexity index is 975. The summed E-state index contributed by atoms with van der Waals surface area (Å²) in [5.41, 5.74) is 3.30. The average molecular weight is 495 g/mol. The quantitative estimate of drug-likeness (QED) is 0.507. The zero-order valence-electron chi connectivity index (χ0n) is 22.2. The maximum absolute atomic E-state index is 13.0. The number of ether oxygens (including phenoxy) is 2. The Balaban J connectivity index is 1.46. The van der Waals surface area contributed by atoms with Gasteiger partial charge in [0.25, 0.3) is 5.91 Å². The van der Waals surface area contributed by atoms with Crippen molar-refractivity contribution in [1.82, 2.24) is 20.4 Å². The number of piperidine rings is 1. The number of nitrogens with one attached hydrogen (secondary N) is 1. The number of aromatic nitrogens is 2. The molecular weight excluding hydrogens is 452 g/mol. The van der Waals surface area contributed by atoms with Gasteiger partial charge in [-0.1, -0.05) is 31.9 Å². The zero-order chi connectivity index (χ0) is 25.3. The molecule has 7 nitrogen and oxygen atoms in total. The predicted octanol–water partition coefficient (Wildman–Crippen LogP) is 4.89. The van der Waals surface area contributed by atoms with Crippen molar-refractivity contribution in [2.45, 2.75) is 76.9 Å². The molecule has 1 amide bonds. The number of methoxy groups -OCH3 is 1. The van der Waals surface area contributed by atoms with Crippen molar-refractivity contribution in [2.24, 2.45) is 5.92 Å². The summed E-state index contributed by atoms with van der Waals surface area (Å²) in [5, 5.41) is 11.9. The maximum Gasteiger partial charge on any atom is 0.271 e. The number of unbranched alkanes of at least 4 members (excludes halogenated alkanes) is 1. The van der Waals surface area contributed by atoms with Crippen LogP contribution in [0.1, 0.15) is 74.5 Å². The van der Waals surface area contributed by atoms with Gasteiger partial charge in [0.05, 0.1) is 17.9 Å². The van der Waals surface area contributed by atoms with E-state index in [1.807, 2.05) is 18.2 Å². The Hall–Kier alpha value is -2.51. The molecular formula is C29H42N4O3. The number of carbonyl (C=O) groups excluding carboxylic acids is 1. The number of hydrogen-bond donors (Lipinski definition) is 1. The molecule has 196 valence electrons. The largest absolute Gasteiger partial charge is 0.490 e. The standard InChI is InChI=1S/C29H42N4O3/c1-4-5-11-26-25(21-12-14-24(15-13-21)36-23-9-7-6-8-10-23)18-27(32-31-26)29(34)30-19-22-16-17-33(2)20-28(22)35-3/h12-15,18,22-23,28H,4-11,16-17,19-20H2,1-3H3,(H,30,34)/t22-,28-/m1/s1. The molecule has 0 spiro atoms. The van der Waals surface area contributed by atoms with Crippen LogP contribution in [0.5, 0.6) is 5.75 Å². The molecule has 2 aliphatic rings. The van der Waals surface area contributed by atoms with E-state index in [1.165, 1.54) is 19.3 Å². The van der Waals surface area contributed by atoms with Gasteiger partial charge < -0.3 is 19.7 Å². The molecule has 1 aliphatic carbocycles. The fourth-order valence-electron chi connectivity index (χ4n) is 5.33. The Labute approximate surface area is 216 Å². The van der Waals surface area contributed by atoms with Crippen molar-refractivity contribution in [3.63, 3.8) is 0 Å². The summed E-state index contributed by atoms with van der Waals surface area (Å²) in [6.45, 7) is 4.64. The number of amides is 1. The lowest BCUT2D eigenvalue weighted by molar-refractivity contribution is -0.00261. The second kappa shape index (κ2) is 13.2. The van der Waals surface area contributed by atoms with Crippen LogP contribution in [-0.4, -0.2) is 67.0 Å². The minimum atomic E-state index is -0.183. The molecule has 1 aromatic carbocycles. The van der Waals surface area contributed by atoms with Gasteiger partial charge in [0.1, 0.15) is 5.75 Å². The first-order chi connectivity index (χ1) is 17.6. The van der Waals surface area contributed by atoms with Gasteiger partial charge in [0.15, 0.2) is 5.69 Å². The van der Waals surface area contributed by atoms with E-state index in [2.05, 4.69) is 46.5 Å². The van der Waals surface area contributed by atoms with E-state index in [4.69, 9.17) is 9.47 Å². The lowest BCUT2D eigenvalue weighted by Gasteiger charge is -2.35. The number of likely N-dealkylation sites (tertiary alicyclic amines) is 1. The van der Waals surface area contributed by atoms with E-state index >= 15 is 0 Å². The highest BCUT2D eigenvalue weighted by Gasteiger charge is 2.28. The van der Waals surface area contributed by atoms with Gasteiger partial charge in [-0.15, -0.1) is 5.10 Å². The second-order valence-electron chi connectivity index (χ2n) is 10.4. The molecule has 7 heteroatoms. The van der Waals surface area contributed by atoms with Crippen LogP contribution in [0.3, 0.4) is 0 Å². The molecule has 1 aromatic heterocycles. The maximum atomic E-state index is 13.0. The van der Waals surface area contributed by atoms with Crippen molar-refractivity contribution >= 4 is 5.91 Å². The van der Waals surface area contributed by atoms with Crippen LogP contribution in [0.4, 0.5) is 0 Å². The molecule has 4 rings (SSSR count). The number of hydrogen-bond acceptors (Lipinski definition) is 6. The van der Waals surface area contributed by atoms with Crippen LogP contribution in [0.15, 0.2) is 30.3 Å². The Morgan fingerprint density at radius 2 is 1.89 bits per heavy atom. The van der Waals surface area contributed by atoms with E-state index in [9.17, 15) is 4.79 Å². The van der Waals surface area contributed by atoms with Crippen molar-refractivity contribution < 1.29 is 14.3 Å². The molecule has 1 saturated heterocycles. The number of likely N-dealkylation sites (N-methyl/N-ethyl adjacent to an activating group) is 1. The predicted molar refractivity (Wildman–Crippen MR) is 142 cm³/mol. The SMILES string of the molecule is CCCCc1nnc(C(=O)NC[C@H]2CCN(C)C[C@H]2OC)cc1-c1ccc(OC2CCCCC2)cc1. The van der Waals surface area contributed by atoms with Crippen LogP contribution >= 0.6 is 0 Å². The molecule has 36 heavy (non-hydrogen) atoms. The first-order valence-corrected chi connectivity index (χ1v) is 13.7. The van der Waals surface area contributed by atoms with Crippen LogP contribution in [0.2, 0.25) is 0 Å². The summed E-state index contributed by atoms with van der Waals surface area (Å²) in [5.74, 6) is 1.02. The number of benzene rings is 1. The highest BCUT2D eigenvalue weighted by atomic mass is 16.5. The Morgan fingerprint density at radius 3 is 2.61 bits per heavy atom. The Morgan fingerprint density at radius 1 is 1.11 bits per heavy atom. The summed E-state index contributed by atoms with van der Waals surface area (Å²) < 4.78 is 11.9. The van der Waals surface area contributed by atoms with E-state index < -0.39 is 0 Å². The summed E-state index contributed by atoms with van der Waals surface area (Å²) >= 11 is 0. The molecule has 0 bridgehead atoms. The van der Waals surface area contributed by atoms with Crippen molar-refractivity contribution in [3.05, 3.63) is 41.7 Å². The number of carbonyl (C=O) groups is 1. The fourth-order valence-corrected chi connectivity index (χ4v) is 5.33. The van der Waals surface area contributed by atoms with Crippen LogP contribution in [0.25, 0.3) is 11.1 Å². The van der Waals surface area contributed by atoms with Gasteiger partial charge in [-0.3, -0.25) is 4.79 Å². The summed E-state index contributed by atoms with van der Waals surface area (Å²) in [6, 6.07) is 10.1. The third kappa shape index (κ3) is 7.04.